The number of rotatable bonds is 3. The zero-order valence-electron chi connectivity index (χ0n) is 9.53. The van der Waals surface area contributed by atoms with Crippen molar-refractivity contribution in [2.75, 3.05) is 5.32 Å². The summed E-state index contributed by atoms with van der Waals surface area (Å²) in [6.07, 6.45) is 5.14. The van der Waals surface area contributed by atoms with Crippen LogP contribution in [0.1, 0.15) is 32.0 Å². The number of H-pyrrole nitrogens is 1. The van der Waals surface area contributed by atoms with E-state index in [1.54, 1.807) is 19.1 Å². The van der Waals surface area contributed by atoms with Crippen molar-refractivity contribution in [3.8, 4) is 0 Å². The van der Waals surface area contributed by atoms with Gasteiger partial charge >= 0.3 is 0 Å². The molecule has 0 saturated heterocycles. The molecular weight excluding hydrogens is 220 g/mol. The van der Waals surface area contributed by atoms with Gasteiger partial charge in [0, 0.05) is 12.8 Å². The second kappa shape index (κ2) is 4.82. The molecule has 0 radical (unpaired) electrons. The summed E-state index contributed by atoms with van der Waals surface area (Å²) in [5.74, 6) is 1.16. The molecule has 2 rings (SSSR count). The van der Waals surface area contributed by atoms with Gasteiger partial charge in [-0.1, -0.05) is 13.0 Å². The predicted octanol–water partition coefficient (Wildman–Crippen LogP) is 1.77. The van der Waals surface area contributed by atoms with E-state index >= 15 is 0 Å². The van der Waals surface area contributed by atoms with Crippen molar-refractivity contribution in [3.05, 3.63) is 23.7 Å². The lowest BCUT2D eigenvalue weighted by Crippen LogP contribution is -2.10. The average molecular weight is 234 g/mol. The third kappa shape index (κ3) is 2.72. The maximum absolute atomic E-state index is 11.1. The highest BCUT2D eigenvalue weighted by molar-refractivity contribution is 5.88. The number of carbonyl (C=O) groups excluding carboxylic acids is 1. The van der Waals surface area contributed by atoms with Gasteiger partial charge in [-0.25, -0.2) is 0 Å². The van der Waals surface area contributed by atoms with Gasteiger partial charge in [-0.3, -0.25) is 15.2 Å². The van der Waals surface area contributed by atoms with Crippen molar-refractivity contribution in [1.29, 1.82) is 0 Å². The van der Waals surface area contributed by atoms with Gasteiger partial charge in [0.25, 0.3) is 0 Å². The molecular formula is C11H14N4O2. The normalized spacial score (nSPS) is 15.1. The van der Waals surface area contributed by atoms with Crippen molar-refractivity contribution in [2.24, 2.45) is 0 Å². The number of nitrogens with one attached hydrogen (secondary N) is 2. The summed E-state index contributed by atoms with van der Waals surface area (Å²) in [7, 11) is 0. The van der Waals surface area contributed by atoms with Crippen LogP contribution in [0.2, 0.25) is 0 Å². The highest BCUT2D eigenvalue weighted by atomic mass is 16.3. The summed E-state index contributed by atoms with van der Waals surface area (Å²) in [6.45, 7) is 1.76. The Hall–Kier alpha value is -2.11. The van der Waals surface area contributed by atoms with Crippen LogP contribution in [-0.4, -0.2) is 26.2 Å². The number of allylic oxidation sites excluding steroid dienone is 4. The molecule has 1 heterocycles. The summed E-state index contributed by atoms with van der Waals surface area (Å²) >= 11 is 0. The van der Waals surface area contributed by atoms with E-state index in [0.717, 1.165) is 5.57 Å². The van der Waals surface area contributed by atoms with Crippen LogP contribution < -0.4 is 5.32 Å². The van der Waals surface area contributed by atoms with E-state index in [4.69, 9.17) is 0 Å². The molecule has 1 aromatic heterocycles. The fraction of sp³-hybridized carbons (Fsp3) is 0.364. The highest BCUT2D eigenvalue weighted by Gasteiger charge is 2.12. The fourth-order valence-corrected chi connectivity index (χ4v) is 1.50. The van der Waals surface area contributed by atoms with Crippen LogP contribution in [0.15, 0.2) is 17.9 Å². The number of amides is 1. The molecule has 0 atom stereocenters. The number of carbonyl (C=O) groups is 1. The van der Waals surface area contributed by atoms with E-state index in [0.29, 0.717) is 30.8 Å². The van der Waals surface area contributed by atoms with Gasteiger partial charge in [-0.15, -0.1) is 5.10 Å². The van der Waals surface area contributed by atoms with Gasteiger partial charge in [-0.2, -0.15) is 4.98 Å². The summed E-state index contributed by atoms with van der Waals surface area (Å²) in [5, 5.41) is 18.5. The first-order valence-corrected chi connectivity index (χ1v) is 5.50. The zero-order chi connectivity index (χ0) is 12.3. The van der Waals surface area contributed by atoms with Crippen LogP contribution in [0.25, 0.3) is 5.57 Å². The third-order valence-corrected chi connectivity index (χ3v) is 2.49. The van der Waals surface area contributed by atoms with Gasteiger partial charge in [-0.05, 0) is 18.1 Å². The van der Waals surface area contributed by atoms with Crippen LogP contribution in [0.3, 0.4) is 0 Å². The maximum Gasteiger partial charge on any atom is 0.249 e. The van der Waals surface area contributed by atoms with Crippen LogP contribution in [0, 0.1) is 0 Å². The quantitative estimate of drug-likeness (QED) is 0.743. The Kier molecular flexibility index (Phi) is 3.22. The van der Waals surface area contributed by atoms with E-state index in [2.05, 4.69) is 20.5 Å². The molecule has 0 spiro atoms. The van der Waals surface area contributed by atoms with Crippen molar-refractivity contribution >= 4 is 17.4 Å². The number of hydrogen-bond acceptors (Lipinski definition) is 4. The molecule has 0 aromatic carbocycles. The number of anilines is 1. The van der Waals surface area contributed by atoms with Crippen LogP contribution in [0.4, 0.5) is 5.95 Å². The highest BCUT2D eigenvalue weighted by Crippen LogP contribution is 2.23. The largest absolute Gasteiger partial charge is 0.512 e. The number of aromatic amines is 1. The Labute approximate surface area is 98.5 Å². The van der Waals surface area contributed by atoms with Crippen molar-refractivity contribution < 1.29 is 9.90 Å². The summed E-state index contributed by atoms with van der Waals surface area (Å²) < 4.78 is 0. The molecule has 6 heteroatoms. The molecule has 0 fully saturated rings. The SMILES string of the molecule is CCC(=O)Nc1n[nH]c(C2=CC=C(O)CC2)n1. The Balaban J connectivity index is 2.11. The van der Waals surface area contributed by atoms with Gasteiger partial charge in [0.2, 0.25) is 11.9 Å². The Morgan fingerprint density at radius 2 is 2.35 bits per heavy atom. The Morgan fingerprint density at radius 1 is 1.53 bits per heavy atom. The molecule has 1 aromatic rings. The standard InChI is InChI=1S/C11H14N4O2/c1-2-9(17)12-11-13-10(14-15-11)7-3-5-8(16)6-4-7/h3,5,16H,2,4,6H2,1H3,(H2,12,13,14,15,17). The van der Waals surface area contributed by atoms with Crippen molar-refractivity contribution in [2.45, 2.75) is 26.2 Å². The molecule has 0 bridgehead atoms. The topological polar surface area (TPSA) is 90.9 Å². The first kappa shape index (κ1) is 11.4. The van der Waals surface area contributed by atoms with E-state index < -0.39 is 0 Å². The molecule has 1 aliphatic carbocycles. The molecule has 1 aliphatic rings. The summed E-state index contributed by atoms with van der Waals surface area (Å²) in [5.41, 5.74) is 0.965. The monoisotopic (exact) mass is 234 g/mol. The fourth-order valence-electron chi connectivity index (χ4n) is 1.50. The third-order valence-electron chi connectivity index (χ3n) is 2.49. The molecule has 0 aliphatic heterocycles. The molecule has 90 valence electrons. The lowest BCUT2D eigenvalue weighted by molar-refractivity contribution is -0.115. The van der Waals surface area contributed by atoms with E-state index in [9.17, 15) is 9.90 Å². The average Bonchev–Trinajstić information content (AvgIpc) is 2.78. The zero-order valence-corrected chi connectivity index (χ0v) is 9.53. The van der Waals surface area contributed by atoms with Crippen LogP contribution in [-0.2, 0) is 4.79 Å². The number of aliphatic hydroxyl groups excluding tert-OH is 1. The van der Waals surface area contributed by atoms with Crippen molar-refractivity contribution in [3.63, 3.8) is 0 Å². The minimum Gasteiger partial charge on any atom is -0.512 e. The Bertz CT molecular complexity index is 487. The maximum atomic E-state index is 11.1. The van der Waals surface area contributed by atoms with E-state index in [1.807, 2.05) is 0 Å². The molecule has 3 N–H and O–H groups in total. The van der Waals surface area contributed by atoms with Gasteiger partial charge in [0.15, 0.2) is 5.82 Å². The second-order valence-electron chi connectivity index (χ2n) is 3.76. The molecule has 6 nitrogen and oxygen atoms in total. The minimum atomic E-state index is -0.120. The first-order valence-electron chi connectivity index (χ1n) is 5.50. The molecule has 1 amide bonds. The van der Waals surface area contributed by atoms with Crippen LogP contribution >= 0.6 is 0 Å². The molecule has 0 saturated carbocycles. The van der Waals surface area contributed by atoms with Gasteiger partial charge in [0.05, 0.1) is 5.76 Å². The lowest BCUT2D eigenvalue weighted by Gasteiger charge is -2.07. The summed E-state index contributed by atoms with van der Waals surface area (Å²) in [4.78, 5) is 15.3. The van der Waals surface area contributed by atoms with E-state index in [1.165, 1.54) is 0 Å². The second-order valence-corrected chi connectivity index (χ2v) is 3.76. The number of hydrogen-bond donors (Lipinski definition) is 3. The number of aromatic nitrogens is 3. The first-order chi connectivity index (χ1) is 8.19. The minimum absolute atomic E-state index is 0.120. The lowest BCUT2D eigenvalue weighted by atomic mass is 10.0. The van der Waals surface area contributed by atoms with Crippen molar-refractivity contribution in [1.82, 2.24) is 15.2 Å². The Morgan fingerprint density at radius 3 is 3.00 bits per heavy atom. The smallest absolute Gasteiger partial charge is 0.249 e. The predicted molar refractivity (Wildman–Crippen MR) is 63.2 cm³/mol. The summed E-state index contributed by atoms with van der Waals surface area (Å²) in [6, 6.07) is 0. The van der Waals surface area contributed by atoms with Crippen LogP contribution in [0.5, 0.6) is 0 Å². The van der Waals surface area contributed by atoms with E-state index in [-0.39, 0.29) is 11.9 Å². The molecule has 0 unspecified atom stereocenters. The van der Waals surface area contributed by atoms with Gasteiger partial charge in [0.1, 0.15) is 0 Å². The molecule has 17 heavy (non-hydrogen) atoms. The van der Waals surface area contributed by atoms with Gasteiger partial charge < -0.3 is 5.11 Å². The number of nitrogens with zero attached hydrogens (tertiary/aromatic N) is 2. The number of aliphatic hydroxyl groups is 1.